The van der Waals surface area contributed by atoms with Gasteiger partial charge in [0.15, 0.2) is 0 Å². The number of benzene rings is 1. The predicted molar refractivity (Wildman–Crippen MR) is 83.0 cm³/mol. The van der Waals surface area contributed by atoms with Crippen LogP contribution < -0.4 is 10.5 Å². The number of anilines is 1. The maximum absolute atomic E-state index is 11.2. The first-order chi connectivity index (χ1) is 9.90. The second kappa shape index (κ2) is 6.17. The van der Waals surface area contributed by atoms with Crippen LogP contribution in [0, 0.1) is 0 Å². The molecule has 2 aromatic rings. The number of sulfone groups is 1. The molecule has 0 fully saturated rings. The van der Waals surface area contributed by atoms with Gasteiger partial charge in [0.2, 0.25) is 0 Å². The monoisotopic (exact) mass is 309 g/mol. The van der Waals surface area contributed by atoms with Crippen molar-refractivity contribution >= 4 is 15.5 Å². The van der Waals surface area contributed by atoms with Crippen molar-refractivity contribution in [3.63, 3.8) is 0 Å². The summed E-state index contributed by atoms with van der Waals surface area (Å²) in [5.74, 6) is 0.737. The van der Waals surface area contributed by atoms with Crippen LogP contribution in [0.2, 0.25) is 0 Å². The second-order valence-corrected chi connectivity index (χ2v) is 7.01. The van der Waals surface area contributed by atoms with Crippen molar-refractivity contribution in [3.05, 3.63) is 30.5 Å². The molecule has 0 aliphatic rings. The van der Waals surface area contributed by atoms with E-state index in [0.717, 1.165) is 5.56 Å². The van der Waals surface area contributed by atoms with E-state index in [4.69, 9.17) is 10.5 Å². The third-order valence-electron chi connectivity index (χ3n) is 2.92. The third-order valence-corrected chi connectivity index (χ3v) is 3.85. The molecule has 0 amide bonds. The summed E-state index contributed by atoms with van der Waals surface area (Å²) in [6.45, 7) is 2.73. The Morgan fingerprint density at radius 3 is 2.71 bits per heavy atom. The van der Waals surface area contributed by atoms with Crippen LogP contribution in [0.25, 0.3) is 11.3 Å². The van der Waals surface area contributed by atoms with Gasteiger partial charge in [-0.1, -0.05) is 12.1 Å². The molecule has 1 heterocycles. The molecule has 0 aliphatic heterocycles. The number of nitrogen functional groups attached to an aromatic ring is 1. The van der Waals surface area contributed by atoms with Crippen molar-refractivity contribution in [1.82, 2.24) is 9.78 Å². The standard InChI is InChI=1S/C14H19N3O3S/c1-3-20-13-7-5-4-6-11(13)14-12(15)10-17(16-14)8-9-21(2,18)19/h4-7,10H,3,8-9,15H2,1-2H3. The molecule has 0 saturated heterocycles. The van der Waals surface area contributed by atoms with Crippen LogP contribution in [0.3, 0.4) is 0 Å². The first kappa shape index (κ1) is 15.4. The maximum atomic E-state index is 11.2. The summed E-state index contributed by atoms with van der Waals surface area (Å²) in [6, 6.07) is 7.50. The lowest BCUT2D eigenvalue weighted by Gasteiger charge is -2.08. The van der Waals surface area contributed by atoms with E-state index >= 15 is 0 Å². The quantitative estimate of drug-likeness (QED) is 0.875. The van der Waals surface area contributed by atoms with Gasteiger partial charge in [-0.3, -0.25) is 4.68 Å². The van der Waals surface area contributed by atoms with Crippen LogP contribution >= 0.6 is 0 Å². The lowest BCUT2D eigenvalue weighted by molar-refractivity contribution is 0.341. The number of ether oxygens (including phenoxy) is 1. The Hall–Kier alpha value is -2.02. The molecule has 0 bridgehead atoms. The molecule has 0 aliphatic carbocycles. The zero-order valence-electron chi connectivity index (χ0n) is 12.1. The minimum atomic E-state index is -3.03. The van der Waals surface area contributed by atoms with Gasteiger partial charge in [0.1, 0.15) is 21.3 Å². The first-order valence-corrected chi connectivity index (χ1v) is 8.69. The smallest absolute Gasteiger partial charge is 0.149 e. The van der Waals surface area contributed by atoms with E-state index in [2.05, 4.69) is 5.10 Å². The van der Waals surface area contributed by atoms with Crippen LogP contribution in [0.1, 0.15) is 6.92 Å². The highest BCUT2D eigenvalue weighted by Crippen LogP contribution is 2.32. The molecule has 1 aromatic carbocycles. The summed E-state index contributed by atoms with van der Waals surface area (Å²) in [7, 11) is -3.03. The molecule has 6 nitrogen and oxygen atoms in total. The van der Waals surface area contributed by atoms with Gasteiger partial charge in [-0.05, 0) is 19.1 Å². The molecule has 21 heavy (non-hydrogen) atoms. The van der Waals surface area contributed by atoms with E-state index in [9.17, 15) is 8.42 Å². The fraction of sp³-hybridized carbons (Fsp3) is 0.357. The topological polar surface area (TPSA) is 87.2 Å². The van der Waals surface area contributed by atoms with Crippen LogP contribution in [0.4, 0.5) is 5.69 Å². The predicted octanol–water partition coefficient (Wildman–Crippen LogP) is 1.58. The second-order valence-electron chi connectivity index (χ2n) is 4.76. The Morgan fingerprint density at radius 1 is 1.33 bits per heavy atom. The molecule has 114 valence electrons. The van der Waals surface area contributed by atoms with E-state index in [1.807, 2.05) is 31.2 Å². The number of para-hydroxylation sites is 1. The van der Waals surface area contributed by atoms with Crippen molar-refractivity contribution in [2.45, 2.75) is 13.5 Å². The molecule has 2 rings (SSSR count). The number of nitrogens with zero attached hydrogens (tertiary/aromatic N) is 2. The number of hydrogen-bond acceptors (Lipinski definition) is 5. The number of hydrogen-bond donors (Lipinski definition) is 1. The zero-order valence-corrected chi connectivity index (χ0v) is 12.9. The molecule has 0 atom stereocenters. The van der Waals surface area contributed by atoms with Crippen molar-refractivity contribution in [2.75, 3.05) is 24.3 Å². The van der Waals surface area contributed by atoms with Crippen molar-refractivity contribution in [1.29, 1.82) is 0 Å². The lowest BCUT2D eigenvalue weighted by atomic mass is 10.1. The van der Waals surface area contributed by atoms with Gasteiger partial charge in [0, 0.05) is 18.0 Å². The summed E-state index contributed by atoms with van der Waals surface area (Å²) in [4.78, 5) is 0. The van der Waals surface area contributed by atoms with Gasteiger partial charge in [-0.2, -0.15) is 5.10 Å². The molecule has 2 N–H and O–H groups in total. The SMILES string of the molecule is CCOc1ccccc1-c1nn(CCS(C)(=O)=O)cc1N. The molecule has 7 heteroatoms. The van der Waals surface area contributed by atoms with E-state index in [1.165, 1.54) is 6.26 Å². The van der Waals surface area contributed by atoms with Crippen LogP contribution in [0.5, 0.6) is 5.75 Å². The number of aryl methyl sites for hydroxylation is 1. The number of rotatable bonds is 6. The van der Waals surface area contributed by atoms with Crippen LogP contribution in [-0.4, -0.2) is 36.8 Å². The highest BCUT2D eigenvalue weighted by Gasteiger charge is 2.14. The molecule has 0 saturated carbocycles. The molecule has 0 spiro atoms. The van der Waals surface area contributed by atoms with Gasteiger partial charge >= 0.3 is 0 Å². The number of aromatic nitrogens is 2. The minimum Gasteiger partial charge on any atom is -0.493 e. The molecule has 0 unspecified atom stereocenters. The van der Waals surface area contributed by atoms with Crippen molar-refractivity contribution < 1.29 is 13.2 Å². The summed E-state index contributed by atoms with van der Waals surface area (Å²) >= 11 is 0. The van der Waals surface area contributed by atoms with Crippen LogP contribution in [-0.2, 0) is 16.4 Å². The largest absolute Gasteiger partial charge is 0.493 e. The summed E-state index contributed by atoms with van der Waals surface area (Å²) in [5.41, 5.74) is 7.89. The Bertz CT molecular complexity index is 723. The minimum absolute atomic E-state index is 0.0284. The Labute approximate surface area is 124 Å². The average Bonchev–Trinajstić information content (AvgIpc) is 2.78. The van der Waals surface area contributed by atoms with E-state index < -0.39 is 9.84 Å². The first-order valence-electron chi connectivity index (χ1n) is 6.63. The van der Waals surface area contributed by atoms with Gasteiger partial charge in [-0.25, -0.2) is 8.42 Å². The van der Waals surface area contributed by atoms with E-state index in [1.54, 1.807) is 10.9 Å². The molecule has 0 radical (unpaired) electrons. The highest BCUT2D eigenvalue weighted by molar-refractivity contribution is 7.90. The van der Waals surface area contributed by atoms with Crippen LogP contribution in [0.15, 0.2) is 30.5 Å². The summed E-state index contributed by atoms with van der Waals surface area (Å²) in [6.07, 6.45) is 2.84. The maximum Gasteiger partial charge on any atom is 0.149 e. The van der Waals surface area contributed by atoms with Gasteiger partial charge in [-0.15, -0.1) is 0 Å². The Kier molecular flexibility index (Phi) is 4.52. The van der Waals surface area contributed by atoms with E-state index in [-0.39, 0.29) is 12.3 Å². The summed E-state index contributed by atoms with van der Waals surface area (Å²) < 4.78 is 29.5. The van der Waals surface area contributed by atoms with E-state index in [0.29, 0.717) is 23.7 Å². The van der Waals surface area contributed by atoms with Crippen molar-refractivity contribution in [2.24, 2.45) is 0 Å². The fourth-order valence-corrected chi connectivity index (χ4v) is 2.48. The normalized spacial score (nSPS) is 11.5. The number of nitrogens with two attached hydrogens (primary N) is 1. The lowest BCUT2D eigenvalue weighted by Crippen LogP contribution is -2.11. The highest BCUT2D eigenvalue weighted by atomic mass is 32.2. The Balaban J connectivity index is 2.31. The molecular formula is C14H19N3O3S. The van der Waals surface area contributed by atoms with Gasteiger partial charge < -0.3 is 10.5 Å². The Morgan fingerprint density at radius 2 is 2.05 bits per heavy atom. The average molecular weight is 309 g/mol. The molecular weight excluding hydrogens is 290 g/mol. The third kappa shape index (κ3) is 3.98. The van der Waals surface area contributed by atoms with Gasteiger partial charge in [0.25, 0.3) is 0 Å². The summed E-state index contributed by atoms with van der Waals surface area (Å²) in [5, 5.41) is 4.37. The van der Waals surface area contributed by atoms with Crippen molar-refractivity contribution in [3.8, 4) is 17.0 Å². The van der Waals surface area contributed by atoms with Gasteiger partial charge in [0.05, 0.1) is 24.6 Å². The zero-order chi connectivity index (χ0) is 15.5. The fourth-order valence-electron chi connectivity index (χ4n) is 1.96. The molecule has 1 aromatic heterocycles.